The highest BCUT2D eigenvalue weighted by Crippen LogP contribution is 2.31. The first kappa shape index (κ1) is 9.80. The summed E-state index contributed by atoms with van der Waals surface area (Å²) in [5, 5.41) is 2.86. The summed E-state index contributed by atoms with van der Waals surface area (Å²) in [6, 6.07) is 0. The molecular weight excluding hydrogens is 196 g/mol. The number of hydrogen-bond acceptors (Lipinski definition) is 4. The Hall–Kier alpha value is -0.740. The van der Waals surface area contributed by atoms with Gasteiger partial charge in [0.2, 0.25) is 0 Å². The predicted molar refractivity (Wildman–Crippen MR) is 56.3 cm³/mol. The molecule has 0 spiro atoms. The van der Waals surface area contributed by atoms with E-state index in [0.717, 1.165) is 30.0 Å². The number of nitrogens with two attached hydrogens (primary N) is 1. The van der Waals surface area contributed by atoms with Crippen molar-refractivity contribution in [1.82, 2.24) is 4.98 Å². The Morgan fingerprint density at radius 3 is 2.86 bits per heavy atom. The van der Waals surface area contributed by atoms with Crippen molar-refractivity contribution in [2.24, 2.45) is 5.73 Å². The van der Waals surface area contributed by atoms with E-state index in [9.17, 15) is 4.79 Å². The second kappa shape index (κ2) is 3.44. The van der Waals surface area contributed by atoms with E-state index in [1.54, 1.807) is 11.3 Å². The zero-order valence-electron chi connectivity index (χ0n) is 8.25. The molecule has 1 aliphatic carbocycles. The maximum absolute atomic E-state index is 11.8. The van der Waals surface area contributed by atoms with Crippen molar-refractivity contribution in [1.29, 1.82) is 0 Å². The maximum atomic E-state index is 11.8. The van der Waals surface area contributed by atoms with Gasteiger partial charge in [0.15, 0.2) is 5.78 Å². The quantitative estimate of drug-likeness (QED) is 0.821. The molecule has 0 amide bonds. The van der Waals surface area contributed by atoms with E-state index in [1.165, 1.54) is 0 Å². The van der Waals surface area contributed by atoms with Crippen LogP contribution in [0.3, 0.4) is 0 Å². The number of nitrogens with zero attached hydrogens (tertiary/aromatic N) is 1. The summed E-state index contributed by atoms with van der Waals surface area (Å²) in [5.41, 5.74) is 6.38. The minimum absolute atomic E-state index is 0.151. The van der Waals surface area contributed by atoms with Crippen LogP contribution < -0.4 is 5.73 Å². The number of aromatic nitrogens is 1. The van der Waals surface area contributed by atoms with Gasteiger partial charge in [-0.25, -0.2) is 4.98 Å². The van der Waals surface area contributed by atoms with E-state index in [0.29, 0.717) is 6.42 Å². The summed E-state index contributed by atoms with van der Waals surface area (Å²) >= 11 is 1.54. The molecule has 1 heterocycles. The SMILES string of the molecule is Cc1csc(CC(=O)C2(N)CCC2)n1. The highest BCUT2D eigenvalue weighted by molar-refractivity contribution is 7.09. The van der Waals surface area contributed by atoms with Crippen molar-refractivity contribution in [3.8, 4) is 0 Å². The second-order valence-electron chi connectivity index (χ2n) is 3.99. The fourth-order valence-electron chi connectivity index (χ4n) is 1.63. The standard InChI is InChI=1S/C10H14N2OS/c1-7-6-14-9(12-7)5-8(13)10(11)3-2-4-10/h6H,2-5,11H2,1H3. The summed E-state index contributed by atoms with van der Waals surface area (Å²) in [5.74, 6) is 0.151. The third kappa shape index (κ3) is 1.72. The van der Waals surface area contributed by atoms with E-state index in [1.807, 2.05) is 12.3 Å². The van der Waals surface area contributed by atoms with Crippen LogP contribution >= 0.6 is 11.3 Å². The van der Waals surface area contributed by atoms with Crippen LogP contribution in [0.2, 0.25) is 0 Å². The lowest BCUT2D eigenvalue weighted by Crippen LogP contribution is -2.54. The van der Waals surface area contributed by atoms with Crippen LogP contribution in [0.5, 0.6) is 0 Å². The fourth-order valence-corrected chi connectivity index (χ4v) is 2.40. The largest absolute Gasteiger partial charge is 0.319 e. The molecule has 0 aromatic carbocycles. The van der Waals surface area contributed by atoms with Crippen molar-refractivity contribution in [3.05, 3.63) is 16.1 Å². The Balaban J connectivity index is 2.01. The number of carbonyl (C=O) groups excluding carboxylic acids is 1. The maximum Gasteiger partial charge on any atom is 0.159 e. The molecule has 0 bridgehead atoms. The number of ketones is 1. The highest BCUT2D eigenvalue weighted by Gasteiger charge is 2.39. The van der Waals surface area contributed by atoms with Gasteiger partial charge in [0.1, 0.15) is 5.01 Å². The van der Waals surface area contributed by atoms with Crippen molar-refractivity contribution in [3.63, 3.8) is 0 Å². The van der Waals surface area contributed by atoms with Crippen LogP contribution in [-0.4, -0.2) is 16.3 Å². The average molecular weight is 210 g/mol. The molecule has 0 aliphatic heterocycles. The van der Waals surface area contributed by atoms with Gasteiger partial charge in [-0.1, -0.05) is 0 Å². The molecule has 1 aliphatic rings. The smallest absolute Gasteiger partial charge is 0.159 e. The molecule has 0 atom stereocenters. The molecular formula is C10H14N2OS. The third-order valence-electron chi connectivity index (χ3n) is 2.78. The average Bonchev–Trinajstić information content (AvgIpc) is 2.47. The summed E-state index contributed by atoms with van der Waals surface area (Å²) < 4.78 is 0. The first-order chi connectivity index (χ1) is 6.60. The number of carbonyl (C=O) groups is 1. The van der Waals surface area contributed by atoms with Crippen LogP contribution in [-0.2, 0) is 11.2 Å². The molecule has 3 nitrogen and oxygen atoms in total. The van der Waals surface area contributed by atoms with Gasteiger partial charge in [0.05, 0.1) is 12.0 Å². The lowest BCUT2D eigenvalue weighted by Gasteiger charge is -2.36. The number of Topliss-reactive ketones (excluding diaryl/α,β-unsaturated/α-hetero) is 1. The molecule has 1 saturated carbocycles. The van der Waals surface area contributed by atoms with Crippen LogP contribution in [0.1, 0.15) is 30.0 Å². The Bertz CT molecular complexity index is 355. The van der Waals surface area contributed by atoms with Gasteiger partial charge in [0.25, 0.3) is 0 Å². The van der Waals surface area contributed by atoms with Crippen LogP contribution in [0, 0.1) is 6.92 Å². The van der Waals surface area contributed by atoms with Gasteiger partial charge in [-0.15, -0.1) is 11.3 Å². The van der Waals surface area contributed by atoms with Crippen molar-refractivity contribution >= 4 is 17.1 Å². The van der Waals surface area contributed by atoms with Gasteiger partial charge >= 0.3 is 0 Å². The monoisotopic (exact) mass is 210 g/mol. The zero-order valence-corrected chi connectivity index (χ0v) is 9.06. The summed E-state index contributed by atoms with van der Waals surface area (Å²) in [6.07, 6.45) is 3.18. The van der Waals surface area contributed by atoms with Crippen LogP contribution in [0.25, 0.3) is 0 Å². The Labute approximate surface area is 87.3 Å². The van der Waals surface area contributed by atoms with Gasteiger partial charge in [-0.05, 0) is 26.2 Å². The van der Waals surface area contributed by atoms with Gasteiger partial charge in [-0.2, -0.15) is 0 Å². The lowest BCUT2D eigenvalue weighted by molar-refractivity contribution is -0.126. The first-order valence-corrected chi connectivity index (χ1v) is 5.71. The Kier molecular flexibility index (Phi) is 2.41. The number of rotatable bonds is 3. The summed E-state index contributed by atoms with van der Waals surface area (Å²) in [4.78, 5) is 16.0. The lowest BCUT2D eigenvalue weighted by atomic mass is 9.74. The van der Waals surface area contributed by atoms with Crippen LogP contribution in [0.4, 0.5) is 0 Å². The van der Waals surface area contributed by atoms with Gasteiger partial charge in [-0.3, -0.25) is 4.79 Å². The van der Waals surface area contributed by atoms with E-state index in [2.05, 4.69) is 4.98 Å². The predicted octanol–water partition coefficient (Wildman–Crippen LogP) is 1.44. The minimum Gasteiger partial charge on any atom is -0.319 e. The highest BCUT2D eigenvalue weighted by atomic mass is 32.1. The van der Waals surface area contributed by atoms with Crippen molar-refractivity contribution in [2.75, 3.05) is 0 Å². The summed E-state index contributed by atoms with van der Waals surface area (Å²) in [7, 11) is 0. The van der Waals surface area contributed by atoms with Crippen molar-refractivity contribution < 1.29 is 4.79 Å². The van der Waals surface area contributed by atoms with Gasteiger partial charge < -0.3 is 5.73 Å². The van der Waals surface area contributed by atoms with E-state index < -0.39 is 5.54 Å². The first-order valence-electron chi connectivity index (χ1n) is 4.83. The molecule has 2 rings (SSSR count). The molecule has 76 valence electrons. The minimum atomic E-state index is -0.528. The number of aryl methyl sites for hydroxylation is 1. The summed E-state index contributed by atoms with van der Waals surface area (Å²) in [6.45, 7) is 1.94. The molecule has 0 radical (unpaired) electrons. The Morgan fingerprint density at radius 1 is 1.71 bits per heavy atom. The fraction of sp³-hybridized carbons (Fsp3) is 0.600. The van der Waals surface area contributed by atoms with Gasteiger partial charge in [0, 0.05) is 11.1 Å². The number of thiazole rings is 1. The molecule has 1 aromatic rings. The molecule has 0 saturated heterocycles. The molecule has 4 heteroatoms. The van der Waals surface area contributed by atoms with E-state index >= 15 is 0 Å². The normalized spacial score (nSPS) is 19.0. The molecule has 1 fully saturated rings. The second-order valence-corrected chi connectivity index (χ2v) is 4.93. The molecule has 14 heavy (non-hydrogen) atoms. The van der Waals surface area contributed by atoms with E-state index in [-0.39, 0.29) is 5.78 Å². The Morgan fingerprint density at radius 2 is 2.43 bits per heavy atom. The molecule has 1 aromatic heterocycles. The van der Waals surface area contributed by atoms with E-state index in [4.69, 9.17) is 5.73 Å². The number of hydrogen-bond donors (Lipinski definition) is 1. The van der Waals surface area contributed by atoms with Crippen LogP contribution in [0.15, 0.2) is 5.38 Å². The molecule has 2 N–H and O–H groups in total. The third-order valence-corrected chi connectivity index (χ3v) is 3.75. The zero-order chi connectivity index (χ0) is 10.2. The van der Waals surface area contributed by atoms with Crippen molar-refractivity contribution in [2.45, 2.75) is 38.1 Å². The molecule has 0 unspecified atom stereocenters. The topological polar surface area (TPSA) is 56.0 Å².